The van der Waals surface area contributed by atoms with E-state index in [-0.39, 0.29) is 25.7 Å². The van der Waals surface area contributed by atoms with Crippen molar-refractivity contribution in [2.75, 3.05) is 39.6 Å². The molecule has 0 aromatic carbocycles. The molecule has 0 aromatic heterocycles. The summed E-state index contributed by atoms with van der Waals surface area (Å²) in [6.45, 7) is 14.1. The van der Waals surface area contributed by atoms with Gasteiger partial charge < -0.3 is 33.8 Å². The summed E-state index contributed by atoms with van der Waals surface area (Å²) in [6, 6.07) is 0. The highest BCUT2D eigenvalue weighted by Gasteiger charge is 2.30. The lowest BCUT2D eigenvalue weighted by atomic mass is 9.99. The molecule has 19 heteroatoms. The van der Waals surface area contributed by atoms with Crippen molar-refractivity contribution in [3.63, 3.8) is 0 Å². The van der Waals surface area contributed by atoms with E-state index in [4.69, 9.17) is 37.0 Å². The molecule has 7 atom stereocenters. The zero-order chi connectivity index (χ0) is 69.6. The van der Waals surface area contributed by atoms with Gasteiger partial charge in [0.05, 0.1) is 26.4 Å². The van der Waals surface area contributed by atoms with Gasteiger partial charge >= 0.3 is 39.5 Å². The van der Waals surface area contributed by atoms with E-state index in [0.717, 1.165) is 114 Å². The summed E-state index contributed by atoms with van der Waals surface area (Å²) < 4.78 is 68.4. The lowest BCUT2D eigenvalue weighted by Crippen LogP contribution is -2.30. The van der Waals surface area contributed by atoms with E-state index in [1.807, 2.05) is 0 Å². The van der Waals surface area contributed by atoms with Crippen molar-refractivity contribution in [3.05, 3.63) is 0 Å². The van der Waals surface area contributed by atoms with Crippen molar-refractivity contribution >= 4 is 39.5 Å². The zero-order valence-electron chi connectivity index (χ0n) is 61.6. The zero-order valence-corrected chi connectivity index (χ0v) is 63.4. The van der Waals surface area contributed by atoms with Crippen LogP contribution in [0.3, 0.4) is 0 Å². The molecule has 0 radical (unpaired) electrons. The molecule has 4 unspecified atom stereocenters. The van der Waals surface area contributed by atoms with Gasteiger partial charge in [-0.05, 0) is 49.4 Å². The Bertz CT molecular complexity index is 1850. The molecular formula is C75H146O17P2. The first-order valence-corrected chi connectivity index (χ1v) is 41.8. The van der Waals surface area contributed by atoms with Gasteiger partial charge in [0.25, 0.3) is 0 Å². The van der Waals surface area contributed by atoms with Crippen molar-refractivity contribution in [1.29, 1.82) is 0 Å². The quantitative estimate of drug-likeness (QED) is 0.0222. The lowest BCUT2D eigenvalue weighted by Gasteiger charge is -2.21. The SMILES string of the molecule is CCC(C)CCCCCCCCCCCCCCCCC(=O)O[C@H](COC(=O)CCCCCCCCC(C)C)COP(=O)(O)OC[C@H](O)COP(=O)(O)OC[C@@H](COC(=O)CCCCCCCCCCCCCCCCC(C)C)OC(=O)CCCCCCCCC(C)CC. The Labute approximate surface area is 575 Å². The Kier molecular flexibility index (Phi) is 63.1. The molecule has 0 saturated carbocycles. The van der Waals surface area contributed by atoms with Crippen LogP contribution in [0.25, 0.3) is 0 Å². The molecule has 17 nitrogen and oxygen atoms in total. The highest BCUT2D eigenvalue weighted by molar-refractivity contribution is 7.47. The molecule has 3 N–H and O–H groups in total. The van der Waals surface area contributed by atoms with E-state index >= 15 is 0 Å². The number of aliphatic hydroxyl groups is 1. The largest absolute Gasteiger partial charge is 0.472 e. The molecule has 0 bridgehead atoms. The minimum atomic E-state index is -4.95. The third-order valence-electron chi connectivity index (χ3n) is 18.0. The third kappa shape index (κ3) is 66.0. The maximum absolute atomic E-state index is 13.0. The number of aliphatic hydroxyl groups excluding tert-OH is 1. The summed E-state index contributed by atoms with van der Waals surface area (Å²) in [5, 5.41) is 10.6. The summed E-state index contributed by atoms with van der Waals surface area (Å²) in [4.78, 5) is 72.7. The number of carbonyl (C=O) groups excluding carboxylic acids is 4. The highest BCUT2D eigenvalue weighted by atomic mass is 31.2. The Morgan fingerprint density at radius 3 is 0.755 bits per heavy atom. The number of unbranched alkanes of at least 4 members (excludes halogenated alkanes) is 36. The minimum absolute atomic E-state index is 0.103. The van der Waals surface area contributed by atoms with E-state index in [0.29, 0.717) is 31.6 Å². The molecule has 0 spiro atoms. The van der Waals surface area contributed by atoms with Crippen LogP contribution in [-0.2, 0) is 65.4 Å². The van der Waals surface area contributed by atoms with E-state index in [1.54, 1.807) is 0 Å². The van der Waals surface area contributed by atoms with Crippen LogP contribution in [0.5, 0.6) is 0 Å². The van der Waals surface area contributed by atoms with Gasteiger partial charge in [-0.25, -0.2) is 9.13 Å². The first-order valence-electron chi connectivity index (χ1n) is 38.8. The first kappa shape index (κ1) is 92.1. The number of hydrogen-bond donors (Lipinski definition) is 3. The molecule has 0 aromatic rings. The molecule has 0 rings (SSSR count). The summed E-state index contributed by atoms with van der Waals surface area (Å²) in [6.07, 6.45) is 48.8. The van der Waals surface area contributed by atoms with Crippen LogP contribution in [0, 0.1) is 23.7 Å². The number of rotatable bonds is 72. The average molecular weight is 1380 g/mol. The Balaban J connectivity index is 5.18. The maximum Gasteiger partial charge on any atom is 0.472 e. The molecule has 0 saturated heterocycles. The number of phosphoric acid groups is 2. The molecule has 0 amide bonds. The monoisotopic (exact) mass is 1380 g/mol. The van der Waals surface area contributed by atoms with E-state index < -0.39 is 97.5 Å². The van der Waals surface area contributed by atoms with Gasteiger partial charge in [0, 0.05) is 25.7 Å². The molecule has 0 fully saturated rings. The summed E-state index contributed by atoms with van der Waals surface area (Å²) in [5.74, 6) is 0.918. The lowest BCUT2D eigenvalue weighted by molar-refractivity contribution is -0.161. The van der Waals surface area contributed by atoms with Gasteiger partial charge in [0.15, 0.2) is 12.2 Å². The molecule has 0 aliphatic carbocycles. The fourth-order valence-electron chi connectivity index (χ4n) is 11.3. The van der Waals surface area contributed by atoms with Gasteiger partial charge in [-0.3, -0.25) is 37.3 Å². The Morgan fingerprint density at radius 1 is 0.298 bits per heavy atom. The minimum Gasteiger partial charge on any atom is -0.462 e. The second kappa shape index (κ2) is 64.4. The Hall–Kier alpha value is -1.94. The normalized spacial score (nSPS) is 14.7. The first-order chi connectivity index (χ1) is 45.2. The van der Waals surface area contributed by atoms with E-state index in [2.05, 4.69) is 55.4 Å². The van der Waals surface area contributed by atoms with Gasteiger partial charge in [-0.2, -0.15) is 0 Å². The predicted molar refractivity (Wildman–Crippen MR) is 381 cm³/mol. The van der Waals surface area contributed by atoms with Crippen LogP contribution in [-0.4, -0.2) is 96.7 Å². The standard InChI is InChI=1S/C75H146O17P2/c1-9-67(7)53-45-37-28-24-20-16-12-14-18-22-26-30-41-49-57-74(79)91-70(62-86-73(78)56-48-40-33-31-36-44-52-66(5)6)63-89-93(81,82)87-59-69(76)60-88-94(83,84)90-64-71(92-75(80)58-50-42-34-32-38-46-54-68(8)10-2)61-85-72(77)55-47-39-29-25-21-17-13-11-15-19-23-27-35-43-51-65(3)4/h65-71,76H,9-64H2,1-8H3,(H,81,82)(H,83,84)/t67?,68?,69-,70+,71+/m0/s1. The summed E-state index contributed by atoms with van der Waals surface area (Å²) in [7, 11) is -9.91. The molecule has 0 aliphatic heterocycles. The second-order valence-corrected chi connectivity index (χ2v) is 31.4. The third-order valence-corrected chi connectivity index (χ3v) is 19.9. The topological polar surface area (TPSA) is 237 Å². The maximum atomic E-state index is 13.0. The summed E-state index contributed by atoms with van der Waals surface area (Å²) >= 11 is 0. The molecule has 558 valence electrons. The van der Waals surface area contributed by atoms with Crippen molar-refractivity contribution in [2.24, 2.45) is 23.7 Å². The van der Waals surface area contributed by atoms with Crippen molar-refractivity contribution in [1.82, 2.24) is 0 Å². The van der Waals surface area contributed by atoms with E-state index in [1.165, 1.54) is 173 Å². The van der Waals surface area contributed by atoms with Crippen molar-refractivity contribution in [2.45, 2.75) is 395 Å². The van der Waals surface area contributed by atoms with Gasteiger partial charge in [-0.15, -0.1) is 0 Å². The highest BCUT2D eigenvalue weighted by Crippen LogP contribution is 2.45. The van der Waals surface area contributed by atoms with Crippen molar-refractivity contribution < 1.29 is 80.2 Å². The van der Waals surface area contributed by atoms with Crippen LogP contribution < -0.4 is 0 Å². The fourth-order valence-corrected chi connectivity index (χ4v) is 12.9. The number of esters is 4. The Morgan fingerprint density at radius 2 is 0.511 bits per heavy atom. The van der Waals surface area contributed by atoms with E-state index in [9.17, 15) is 43.2 Å². The van der Waals surface area contributed by atoms with Gasteiger partial charge in [0.2, 0.25) is 0 Å². The average Bonchev–Trinajstić information content (AvgIpc) is 1.47. The van der Waals surface area contributed by atoms with Gasteiger partial charge in [0.1, 0.15) is 19.3 Å². The van der Waals surface area contributed by atoms with Crippen LogP contribution in [0.4, 0.5) is 0 Å². The van der Waals surface area contributed by atoms with Crippen molar-refractivity contribution in [3.8, 4) is 0 Å². The van der Waals surface area contributed by atoms with Crippen LogP contribution >= 0.6 is 15.6 Å². The number of hydrogen-bond acceptors (Lipinski definition) is 15. The molecule has 0 aliphatic rings. The molecular weight excluding hydrogens is 1230 g/mol. The number of carbonyl (C=O) groups is 4. The molecule has 94 heavy (non-hydrogen) atoms. The van der Waals surface area contributed by atoms with Crippen LogP contribution in [0.1, 0.15) is 376 Å². The van der Waals surface area contributed by atoms with Gasteiger partial charge in [-0.1, -0.05) is 325 Å². The smallest absolute Gasteiger partial charge is 0.462 e. The predicted octanol–water partition coefficient (Wildman–Crippen LogP) is 21.7. The van der Waals surface area contributed by atoms with Crippen LogP contribution in [0.15, 0.2) is 0 Å². The summed E-state index contributed by atoms with van der Waals surface area (Å²) in [5.41, 5.74) is 0. The second-order valence-electron chi connectivity index (χ2n) is 28.5. The molecule has 0 heterocycles. The fraction of sp³-hybridized carbons (Fsp3) is 0.947. The number of phosphoric ester groups is 2. The number of ether oxygens (including phenoxy) is 4. The van der Waals surface area contributed by atoms with Crippen LogP contribution in [0.2, 0.25) is 0 Å².